The third kappa shape index (κ3) is 2.41. The van der Waals surface area contributed by atoms with Gasteiger partial charge in [-0.1, -0.05) is 18.2 Å². The molecule has 0 saturated heterocycles. The van der Waals surface area contributed by atoms with E-state index in [0.717, 1.165) is 35.1 Å². The number of rotatable bonds is 4. The molecule has 4 aliphatic rings. The van der Waals surface area contributed by atoms with Crippen LogP contribution in [0.1, 0.15) is 44.9 Å². The Morgan fingerprint density at radius 3 is 2.43 bits per heavy atom. The van der Waals surface area contributed by atoms with Crippen LogP contribution in [0.4, 0.5) is 0 Å². The van der Waals surface area contributed by atoms with E-state index in [1.54, 1.807) is 6.20 Å². The van der Waals surface area contributed by atoms with Crippen molar-refractivity contribution in [1.29, 1.82) is 0 Å². The molecule has 0 spiro atoms. The summed E-state index contributed by atoms with van der Waals surface area (Å²) >= 11 is 0. The maximum Gasteiger partial charge on any atom is 0.241 e. The van der Waals surface area contributed by atoms with Crippen LogP contribution in [0, 0.1) is 23.2 Å². The van der Waals surface area contributed by atoms with Gasteiger partial charge in [0, 0.05) is 10.8 Å². The molecule has 0 amide bonds. The van der Waals surface area contributed by atoms with Crippen molar-refractivity contribution in [1.82, 2.24) is 10.2 Å². The van der Waals surface area contributed by atoms with Crippen LogP contribution < -0.4 is 4.74 Å². The van der Waals surface area contributed by atoms with Crippen LogP contribution in [-0.4, -0.2) is 16.8 Å². The highest BCUT2D eigenvalue weighted by Gasteiger charge is 2.50. The highest BCUT2D eigenvalue weighted by molar-refractivity contribution is 5.85. The summed E-state index contributed by atoms with van der Waals surface area (Å²) in [4.78, 5) is 0. The summed E-state index contributed by atoms with van der Waals surface area (Å²) in [6, 6.07) is 8.21. The molecule has 0 radical (unpaired) electrons. The summed E-state index contributed by atoms with van der Waals surface area (Å²) < 4.78 is 6.08. The van der Waals surface area contributed by atoms with Gasteiger partial charge >= 0.3 is 0 Å². The smallest absolute Gasteiger partial charge is 0.241 e. The van der Waals surface area contributed by atoms with E-state index in [-0.39, 0.29) is 0 Å². The average molecular weight is 308 g/mol. The minimum atomic E-state index is 0.576. The van der Waals surface area contributed by atoms with Crippen LogP contribution >= 0.6 is 0 Å². The van der Waals surface area contributed by atoms with Crippen molar-refractivity contribution in [2.75, 3.05) is 6.61 Å². The van der Waals surface area contributed by atoms with Crippen molar-refractivity contribution in [3.63, 3.8) is 0 Å². The predicted molar refractivity (Wildman–Crippen MR) is 90.3 cm³/mol. The summed E-state index contributed by atoms with van der Waals surface area (Å²) in [7, 11) is 0. The van der Waals surface area contributed by atoms with Gasteiger partial charge in [-0.3, -0.25) is 0 Å². The van der Waals surface area contributed by atoms with E-state index in [2.05, 4.69) is 22.3 Å². The normalized spacial score (nSPS) is 34.9. The van der Waals surface area contributed by atoms with Crippen LogP contribution in [0.5, 0.6) is 5.88 Å². The first-order chi connectivity index (χ1) is 11.3. The highest BCUT2D eigenvalue weighted by atomic mass is 16.5. The molecule has 4 fully saturated rings. The lowest BCUT2D eigenvalue weighted by Gasteiger charge is -2.57. The minimum Gasteiger partial charge on any atom is -0.476 e. The Labute approximate surface area is 137 Å². The number of benzene rings is 1. The largest absolute Gasteiger partial charge is 0.476 e. The molecule has 1 heterocycles. The van der Waals surface area contributed by atoms with Crippen LogP contribution in [-0.2, 0) is 0 Å². The molecule has 0 aliphatic heterocycles. The van der Waals surface area contributed by atoms with Crippen molar-refractivity contribution in [3.05, 3.63) is 30.5 Å². The number of nitrogens with zero attached hydrogens (tertiary/aromatic N) is 2. The molecule has 0 atom stereocenters. The quantitative estimate of drug-likeness (QED) is 0.827. The summed E-state index contributed by atoms with van der Waals surface area (Å²) in [5.41, 5.74) is 0.576. The Balaban J connectivity index is 1.30. The number of aromatic nitrogens is 2. The monoisotopic (exact) mass is 308 g/mol. The third-order valence-electron chi connectivity index (χ3n) is 6.57. The van der Waals surface area contributed by atoms with Gasteiger partial charge in [0.25, 0.3) is 0 Å². The van der Waals surface area contributed by atoms with Crippen LogP contribution in [0.3, 0.4) is 0 Å². The van der Waals surface area contributed by atoms with Gasteiger partial charge in [-0.2, -0.15) is 5.10 Å². The van der Waals surface area contributed by atoms with E-state index < -0.39 is 0 Å². The molecule has 1 aromatic heterocycles. The van der Waals surface area contributed by atoms with E-state index >= 15 is 0 Å². The molecule has 6 rings (SSSR count). The Morgan fingerprint density at radius 2 is 1.70 bits per heavy atom. The van der Waals surface area contributed by atoms with Gasteiger partial charge < -0.3 is 4.74 Å². The van der Waals surface area contributed by atoms with E-state index in [4.69, 9.17) is 4.74 Å². The first-order valence-electron chi connectivity index (χ1n) is 9.13. The lowest BCUT2D eigenvalue weighted by molar-refractivity contribution is -0.0624. The lowest BCUT2D eigenvalue weighted by Crippen LogP contribution is -2.46. The fraction of sp³-hybridized carbons (Fsp3) is 0.600. The molecule has 4 aliphatic carbocycles. The first-order valence-corrected chi connectivity index (χ1v) is 9.13. The second-order valence-electron chi connectivity index (χ2n) is 8.25. The summed E-state index contributed by atoms with van der Waals surface area (Å²) in [6.07, 6.45) is 11.9. The zero-order valence-corrected chi connectivity index (χ0v) is 13.6. The van der Waals surface area contributed by atoms with Crippen molar-refractivity contribution in [3.8, 4) is 5.88 Å². The van der Waals surface area contributed by atoms with Crippen molar-refractivity contribution in [2.45, 2.75) is 44.9 Å². The second-order valence-corrected chi connectivity index (χ2v) is 8.25. The number of ether oxygens (including phenoxy) is 1. The van der Waals surface area contributed by atoms with Gasteiger partial charge in [0.15, 0.2) is 0 Å². The average Bonchev–Trinajstić information content (AvgIpc) is 2.54. The second kappa shape index (κ2) is 5.19. The molecule has 120 valence electrons. The van der Waals surface area contributed by atoms with Crippen molar-refractivity contribution < 1.29 is 4.74 Å². The molecular weight excluding hydrogens is 284 g/mol. The summed E-state index contributed by atoms with van der Waals surface area (Å²) in [6.45, 7) is 0.787. The van der Waals surface area contributed by atoms with Gasteiger partial charge in [0.2, 0.25) is 5.88 Å². The standard InChI is InChI=1S/C20H24N2O/c1-2-4-18-17(3-1)13-21-22-19(18)23-6-5-20-10-14-7-15(11-20)9-16(8-14)12-20/h1-4,13-16H,5-12H2. The molecule has 3 heteroatoms. The third-order valence-corrected chi connectivity index (χ3v) is 6.57. The SMILES string of the molecule is c1ccc2c(OCCC34CC5CC(CC(C5)C3)C4)nncc2c1. The Hall–Kier alpha value is -1.64. The maximum atomic E-state index is 6.08. The molecule has 3 nitrogen and oxygen atoms in total. The zero-order chi connectivity index (χ0) is 15.3. The van der Waals surface area contributed by atoms with Crippen molar-refractivity contribution >= 4 is 10.8 Å². The van der Waals surface area contributed by atoms with Gasteiger partial charge in [-0.05, 0) is 74.2 Å². The summed E-state index contributed by atoms with van der Waals surface area (Å²) in [5, 5.41) is 10.5. The molecule has 0 unspecified atom stereocenters. The van der Waals surface area contributed by atoms with E-state index in [0.29, 0.717) is 11.3 Å². The van der Waals surface area contributed by atoms with E-state index in [1.165, 1.54) is 44.9 Å². The van der Waals surface area contributed by atoms with Crippen LogP contribution in [0.25, 0.3) is 10.8 Å². The number of fused-ring (bicyclic) bond motifs is 1. The molecule has 0 N–H and O–H groups in total. The van der Waals surface area contributed by atoms with E-state index in [1.807, 2.05) is 12.1 Å². The lowest BCUT2D eigenvalue weighted by atomic mass is 9.49. The summed E-state index contributed by atoms with van der Waals surface area (Å²) in [5.74, 6) is 3.74. The van der Waals surface area contributed by atoms with Crippen molar-refractivity contribution in [2.24, 2.45) is 23.2 Å². The molecule has 4 bridgehead atoms. The molecule has 4 saturated carbocycles. The predicted octanol–water partition coefficient (Wildman–Crippen LogP) is 4.62. The van der Waals surface area contributed by atoms with Gasteiger partial charge in [-0.15, -0.1) is 5.10 Å². The number of hydrogen-bond donors (Lipinski definition) is 0. The number of hydrogen-bond acceptors (Lipinski definition) is 3. The van der Waals surface area contributed by atoms with Gasteiger partial charge in [0.1, 0.15) is 0 Å². The fourth-order valence-electron chi connectivity index (χ4n) is 6.07. The molecule has 1 aromatic carbocycles. The van der Waals surface area contributed by atoms with Crippen LogP contribution in [0.2, 0.25) is 0 Å². The Kier molecular flexibility index (Phi) is 3.10. The van der Waals surface area contributed by atoms with Crippen LogP contribution in [0.15, 0.2) is 30.5 Å². The van der Waals surface area contributed by atoms with Gasteiger partial charge in [-0.25, -0.2) is 0 Å². The fourth-order valence-corrected chi connectivity index (χ4v) is 6.07. The highest BCUT2D eigenvalue weighted by Crippen LogP contribution is 2.61. The van der Waals surface area contributed by atoms with Gasteiger partial charge in [0.05, 0.1) is 12.8 Å². The molecule has 2 aromatic rings. The first kappa shape index (κ1) is 13.8. The zero-order valence-electron chi connectivity index (χ0n) is 13.6. The minimum absolute atomic E-state index is 0.576. The maximum absolute atomic E-state index is 6.08. The molecule has 23 heavy (non-hydrogen) atoms. The Morgan fingerprint density at radius 1 is 1.00 bits per heavy atom. The molecular formula is C20H24N2O. The topological polar surface area (TPSA) is 35.0 Å². The van der Waals surface area contributed by atoms with E-state index in [9.17, 15) is 0 Å². The Bertz CT molecular complexity index is 686.